The minimum Gasteiger partial charge on any atom is -0.357 e. The van der Waals surface area contributed by atoms with Crippen molar-refractivity contribution in [2.45, 2.75) is 39.3 Å². The van der Waals surface area contributed by atoms with Crippen LogP contribution in [-0.4, -0.2) is 29.8 Å². The predicted octanol–water partition coefficient (Wildman–Crippen LogP) is 4.89. The molecule has 0 fully saturated rings. The van der Waals surface area contributed by atoms with E-state index in [2.05, 4.69) is 5.32 Å². The van der Waals surface area contributed by atoms with Gasteiger partial charge in [-0.3, -0.25) is 9.59 Å². The summed E-state index contributed by atoms with van der Waals surface area (Å²) in [5.74, 6) is -0.268. The molecule has 0 aliphatic heterocycles. The molecule has 3 aromatic carbocycles. The predicted molar refractivity (Wildman–Crippen MR) is 130 cm³/mol. The minimum atomic E-state index is -0.629. The number of hydrogen-bond donors (Lipinski definition) is 1. The van der Waals surface area contributed by atoms with E-state index < -0.39 is 6.04 Å². The number of carbonyl (C=O) groups excluding carboxylic acids is 2. The Kier molecular flexibility index (Phi) is 8.07. The third-order valence-electron chi connectivity index (χ3n) is 5.63. The van der Waals surface area contributed by atoms with E-state index in [1.54, 1.807) is 24.1 Å². The molecule has 0 bridgehead atoms. The maximum atomic E-state index is 13.6. The van der Waals surface area contributed by atoms with Crippen molar-refractivity contribution in [2.75, 3.05) is 7.05 Å². The molecule has 5 heteroatoms. The van der Waals surface area contributed by atoms with Crippen molar-refractivity contribution in [3.63, 3.8) is 0 Å². The highest BCUT2D eigenvalue weighted by molar-refractivity contribution is 6.30. The largest absolute Gasteiger partial charge is 0.357 e. The van der Waals surface area contributed by atoms with Crippen molar-refractivity contribution in [1.29, 1.82) is 0 Å². The van der Waals surface area contributed by atoms with Gasteiger partial charge in [-0.1, -0.05) is 77.8 Å². The fraction of sp³-hybridized carbons (Fsp3) is 0.259. The van der Waals surface area contributed by atoms with Gasteiger partial charge in [0.05, 0.1) is 6.42 Å². The summed E-state index contributed by atoms with van der Waals surface area (Å²) in [5.41, 5.74) is 5.07. The third-order valence-corrected chi connectivity index (χ3v) is 5.88. The average molecular weight is 449 g/mol. The molecule has 1 atom stereocenters. The van der Waals surface area contributed by atoms with Gasteiger partial charge in [-0.15, -0.1) is 0 Å². The molecular weight excluding hydrogens is 420 g/mol. The van der Waals surface area contributed by atoms with E-state index in [-0.39, 0.29) is 18.2 Å². The maximum absolute atomic E-state index is 13.6. The van der Waals surface area contributed by atoms with Crippen molar-refractivity contribution in [1.82, 2.24) is 10.2 Å². The normalized spacial score (nSPS) is 11.6. The van der Waals surface area contributed by atoms with Gasteiger partial charge in [-0.2, -0.15) is 0 Å². The summed E-state index contributed by atoms with van der Waals surface area (Å²) in [6.07, 6.45) is 0.677. The summed E-state index contributed by atoms with van der Waals surface area (Å²) < 4.78 is 0. The molecule has 166 valence electrons. The van der Waals surface area contributed by atoms with Crippen LogP contribution in [0.15, 0.2) is 72.8 Å². The van der Waals surface area contributed by atoms with Crippen LogP contribution in [0.2, 0.25) is 5.02 Å². The van der Waals surface area contributed by atoms with E-state index in [0.29, 0.717) is 18.0 Å². The van der Waals surface area contributed by atoms with Crippen LogP contribution in [0.4, 0.5) is 0 Å². The molecule has 0 aromatic heterocycles. The minimum absolute atomic E-state index is 0.0850. The van der Waals surface area contributed by atoms with Crippen molar-refractivity contribution < 1.29 is 9.59 Å². The van der Waals surface area contributed by atoms with E-state index in [4.69, 9.17) is 11.6 Å². The number of hydrogen-bond acceptors (Lipinski definition) is 2. The Labute approximate surface area is 195 Å². The van der Waals surface area contributed by atoms with Gasteiger partial charge >= 0.3 is 0 Å². The summed E-state index contributed by atoms with van der Waals surface area (Å²) >= 11 is 6.05. The second kappa shape index (κ2) is 11.0. The zero-order valence-corrected chi connectivity index (χ0v) is 19.5. The zero-order valence-electron chi connectivity index (χ0n) is 18.8. The van der Waals surface area contributed by atoms with Gasteiger partial charge in [-0.05, 0) is 48.2 Å². The molecule has 0 aliphatic carbocycles. The molecule has 4 nitrogen and oxygen atoms in total. The Morgan fingerprint density at radius 3 is 2.28 bits per heavy atom. The van der Waals surface area contributed by atoms with Crippen molar-refractivity contribution in [2.24, 2.45) is 0 Å². The van der Waals surface area contributed by atoms with Crippen LogP contribution in [0.5, 0.6) is 0 Å². The lowest BCUT2D eigenvalue weighted by atomic mass is 9.99. The summed E-state index contributed by atoms with van der Waals surface area (Å²) in [5, 5.41) is 3.38. The molecule has 2 amide bonds. The first kappa shape index (κ1) is 23.6. The van der Waals surface area contributed by atoms with Crippen molar-refractivity contribution >= 4 is 23.4 Å². The molecule has 0 radical (unpaired) electrons. The molecule has 0 saturated carbocycles. The van der Waals surface area contributed by atoms with E-state index in [9.17, 15) is 9.59 Å². The number of carbonyl (C=O) groups is 2. The van der Waals surface area contributed by atoms with Crippen LogP contribution in [0.25, 0.3) is 0 Å². The highest BCUT2D eigenvalue weighted by Gasteiger charge is 2.30. The lowest BCUT2D eigenvalue weighted by Gasteiger charge is -2.31. The third kappa shape index (κ3) is 6.21. The fourth-order valence-electron chi connectivity index (χ4n) is 3.76. The van der Waals surface area contributed by atoms with Crippen LogP contribution in [0.3, 0.4) is 0 Å². The SMILES string of the molecule is CNC(=O)C(Cc1ccccc1)N(Cc1ccc(Cl)cc1)C(=O)Cc1cc(C)ccc1C. The second-order valence-electron chi connectivity index (χ2n) is 8.07. The van der Waals surface area contributed by atoms with Crippen LogP contribution < -0.4 is 5.32 Å². The standard InChI is InChI=1S/C27H29ClN2O2/c1-19-9-10-20(2)23(15-19)17-26(31)30(18-22-11-13-24(28)14-12-22)25(27(32)29-3)16-21-7-5-4-6-8-21/h4-15,25H,16-18H2,1-3H3,(H,29,32). The van der Waals surface area contributed by atoms with Crippen LogP contribution >= 0.6 is 11.6 Å². The van der Waals surface area contributed by atoms with Crippen LogP contribution in [-0.2, 0) is 29.0 Å². The van der Waals surface area contributed by atoms with Crippen LogP contribution in [0.1, 0.15) is 27.8 Å². The molecule has 3 aromatic rings. The molecule has 0 aliphatic rings. The van der Waals surface area contributed by atoms with Gasteiger partial charge in [0.1, 0.15) is 6.04 Å². The van der Waals surface area contributed by atoms with Gasteiger partial charge in [0.25, 0.3) is 0 Å². The molecule has 32 heavy (non-hydrogen) atoms. The van der Waals surface area contributed by atoms with Gasteiger partial charge < -0.3 is 10.2 Å². The Balaban J connectivity index is 1.96. The quantitative estimate of drug-likeness (QED) is 0.533. The van der Waals surface area contributed by atoms with E-state index in [1.807, 2.05) is 74.5 Å². The fourth-order valence-corrected chi connectivity index (χ4v) is 3.89. The molecular formula is C27H29ClN2O2. The summed E-state index contributed by atoms with van der Waals surface area (Å²) in [6, 6.07) is 22.7. The molecule has 1 N–H and O–H groups in total. The average Bonchev–Trinajstić information content (AvgIpc) is 2.80. The first-order valence-electron chi connectivity index (χ1n) is 10.7. The summed E-state index contributed by atoms with van der Waals surface area (Å²) in [4.78, 5) is 28.3. The van der Waals surface area contributed by atoms with Crippen molar-refractivity contribution in [3.05, 3.63) is 106 Å². The number of halogens is 1. The lowest BCUT2D eigenvalue weighted by Crippen LogP contribution is -2.50. The van der Waals surface area contributed by atoms with Crippen molar-refractivity contribution in [3.8, 4) is 0 Å². The first-order valence-corrected chi connectivity index (χ1v) is 11.1. The highest BCUT2D eigenvalue weighted by Crippen LogP contribution is 2.19. The summed E-state index contributed by atoms with van der Waals surface area (Å²) in [7, 11) is 1.61. The molecule has 0 saturated heterocycles. The number of aryl methyl sites for hydroxylation is 2. The van der Waals surface area contributed by atoms with Gasteiger partial charge in [0.2, 0.25) is 11.8 Å². The number of benzene rings is 3. The molecule has 1 unspecified atom stereocenters. The number of amides is 2. The lowest BCUT2D eigenvalue weighted by molar-refractivity contribution is -0.140. The Hall–Kier alpha value is -3.11. The molecule has 3 rings (SSSR count). The van der Waals surface area contributed by atoms with E-state index >= 15 is 0 Å². The number of nitrogens with one attached hydrogen (secondary N) is 1. The smallest absolute Gasteiger partial charge is 0.242 e. The monoisotopic (exact) mass is 448 g/mol. The summed E-state index contributed by atoms with van der Waals surface area (Å²) in [6.45, 7) is 4.35. The molecule has 0 heterocycles. The van der Waals surface area contributed by atoms with E-state index in [1.165, 1.54) is 0 Å². The van der Waals surface area contributed by atoms with E-state index in [0.717, 1.165) is 27.8 Å². The number of likely N-dealkylation sites (N-methyl/N-ethyl adjacent to an activating group) is 1. The zero-order chi connectivity index (χ0) is 23.1. The second-order valence-corrected chi connectivity index (χ2v) is 8.51. The first-order chi connectivity index (χ1) is 15.4. The molecule has 0 spiro atoms. The van der Waals surface area contributed by atoms with Gasteiger partial charge in [-0.25, -0.2) is 0 Å². The highest BCUT2D eigenvalue weighted by atomic mass is 35.5. The van der Waals surface area contributed by atoms with Gasteiger partial charge in [0, 0.05) is 25.0 Å². The maximum Gasteiger partial charge on any atom is 0.242 e. The van der Waals surface area contributed by atoms with Gasteiger partial charge in [0.15, 0.2) is 0 Å². The van der Waals surface area contributed by atoms with Crippen LogP contribution in [0, 0.1) is 13.8 Å². The topological polar surface area (TPSA) is 49.4 Å². The Morgan fingerprint density at radius 2 is 1.62 bits per heavy atom. The number of rotatable bonds is 8. The Bertz CT molecular complexity index is 1060. The Morgan fingerprint density at radius 1 is 0.938 bits per heavy atom. The number of nitrogens with zero attached hydrogens (tertiary/aromatic N) is 1.